The molecule has 0 spiro atoms. The summed E-state index contributed by atoms with van der Waals surface area (Å²) in [6, 6.07) is 12.3. The quantitative estimate of drug-likeness (QED) is 0.317. The number of nitrogens with one attached hydrogen (secondary N) is 2. The molecular weight excluding hydrogens is 448 g/mol. The van der Waals surface area contributed by atoms with Gasteiger partial charge in [0, 0.05) is 17.8 Å². The molecule has 188 valence electrons. The molecule has 2 rings (SSSR count). The Labute approximate surface area is 206 Å². The summed E-state index contributed by atoms with van der Waals surface area (Å²) < 4.78 is 10.2. The summed E-state index contributed by atoms with van der Waals surface area (Å²) in [6.45, 7) is 5.93. The van der Waals surface area contributed by atoms with Gasteiger partial charge in [0.2, 0.25) is 5.91 Å². The molecule has 35 heavy (non-hydrogen) atoms. The minimum Gasteiger partial charge on any atom is -0.462 e. The molecule has 0 radical (unpaired) electrons. The minimum absolute atomic E-state index is 0.121. The van der Waals surface area contributed by atoms with Crippen LogP contribution in [0.15, 0.2) is 42.5 Å². The molecule has 0 aliphatic carbocycles. The first kappa shape index (κ1) is 27.6. The van der Waals surface area contributed by atoms with Crippen molar-refractivity contribution < 1.29 is 28.7 Å². The molecule has 0 aliphatic heterocycles. The molecule has 2 amide bonds. The number of carbonyl (C=O) groups excluding carboxylic acids is 4. The van der Waals surface area contributed by atoms with Crippen molar-refractivity contribution in [3.8, 4) is 0 Å². The van der Waals surface area contributed by atoms with Gasteiger partial charge in [-0.3, -0.25) is 14.4 Å². The van der Waals surface area contributed by atoms with E-state index in [1.807, 2.05) is 39.0 Å². The maximum absolute atomic E-state index is 12.3. The van der Waals surface area contributed by atoms with Crippen LogP contribution in [-0.4, -0.2) is 37.0 Å². The van der Waals surface area contributed by atoms with E-state index in [9.17, 15) is 19.2 Å². The molecular formula is C27H34N2O6. The van der Waals surface area contributed by atoms with Gasteiger partial charge in [0.05, 0.1) is 18.6 Å². The molecule has 0 aromatic heterocycles. The Balaban J connectivity index is 1.78. The van der Waals surface area contributed by atoms with E-state index in [-0.39, 0.29) is 12.8 Å². The Bertz CT molecular complexity index is 1010. The first-order valence-corrected chi connectivity index (χ1v) is 12.0. The molecule has 8 nitrogen and oxygen atoms in total. The molecule has 0 saturated carbocycles. The summed E-state index contributed by atoms with van der Waals surface area (Å²) in [5.41, 5.74) is 3.54. The number of para-hydroxylation sites is 1. The first-order valence-electron chi connectivity index (χ1n) is 12.0. The number of benzene rings is 2. The molecule has 2 aromatic rings. The average molecular weight is 483 g/mol. The number of rotatable bonds is 13. The maximum Gasteiger partial charge on any atom is 0.338 e. The van der Waals surface area contributed by atoms with E-state index >= 15 is 0 Å². The predicted molar refractivity (Wildman–Crippen MR) is 134 cm³/mol. The number of ether oxygens (including phenoxy) is 2. The van der Waals surface area contributed by atoms with Crippen LogP contribution in [-0.2, 0) is 36.7 Å². The number of anilines is 2. The largest absolute Gasteiger partial charge is 0.462 e. The van der Waals surface area contributed by atoms with Gasteiger partial charge in [-0.05, 0) is 48.6 Å². The summed E-state index contributed by atoms with van der Waals surface area (Å²) in [4.78, 5) is 48.6. The van der Waals surface area contributed by atoms with E-state index < -0.39 is 30.4 Å². The van der Waals surface area contributed by atoms with Crippen molar-refractivity contribution in [3.63, 3.8) is 0 Å². The number of unbranched alkanes of at least 4 members (excludes halogenated alkanes) is 1. The Morgan fingerprint density at radius 1 is 0.800 bits per heavy atom. The van der Waals surface area contributed by atoms with Gasteiger partial charge in [-0.25, -0.2) is 4.79 Å². The number of amides is 2. The summed E-state index contributed by atoms with van der Waals surface area (Å²) in [6.07, 6.45) is 2.94. The molecule has 0 unspecified atom stereocenters. The highest BCUT2D eigenvalue weighted by Crippen LogP contribution is 2.22. The Kier molecular flexibility index (Phi) is 11.5. The second-order valence-electron chi connectivity index (χ2n) is 7.99. The molecule has 0 bridgehead atoms. The number of carbonyl (C=O) groups is 4. The lowest BCUT2D eigenvalue weighted by atomic mass is 10.0. The van der Waals surface area contributed by atoms with Gasteiger partial charge in [0.15, 0.2) is 6.61 Å². The lowest BCUT2D eigenvalue weighted by molar-refractivity contribution is -0.147. The third-order valence-corrected chi connectivity index (χ3v) is 5.30. The molecule has 0 atom stereocenters. The monoisotopic (exact) mass is 482 g/mol. The van der Waals surface area contributed by atoms with E-state index in [4.69, 9.17) is 9.47 Å². The summed E-state index contributed by atoms with van der Waals surface area (Å²) in [5, 5.41) is 5.48. The Hall–Kier alpha value is -3.68. The van der Waals surface area contributed by atoms with Crippen LogP contribution in [0.25, 0.3) is 0 Å². The van der Waals surface area contributed by atoms with Crippen LogP contribution >= 0.6 is 0 Å². The highest BCUT2D eigenvalue weighted by molar-refractivity contribution is 5.96. The van der Waals surface area contributed by atoms with Gasteiger partial charge in [0.1, 0.15) is 0 Å². The van der Waals surface area contributed by atoms with E-state index in [0.717, 1.165) is 42.5 Å². The van der Waals surface area contributed by atoms with Gasteiger partial charge in [-0.2, -0.15) is 0 Å². The highest BCUT2D eigenvalue weighted by Gasteiger charge is 2.14. The predicted octanol–water partition coefficient (Wildman–Crippen LogP) is 4.67. The lowest BCUT2D eigenvalue weighted by Gasteiger charge is -2.14. The SMILES string of the molecule is CCCCOC(=O)c1cccc(NC(=O)CCC(=O)OCC(=O)Nc2c(CC)cccc2CC)c1. The fraction of sp³-hybridized carbons (Fsp3) is 0.407. The lowest BCUT2D eigenvalue weighted by Crippen LogP contribution is -2.23. The van der Waals surface area contributed by atoms with Crippen LogP contribution < -0.4 is 10.6 Å². The van der Waals surface area contributed by atoms with Crippen molar-refractivity contribution in [2.45, 2.75) is 59.3 Å². The smallest absolute Gasteiger partial charge is 0.338 e. The zero-order valence-corrected chi connectivity index (χ0v) is 20.6. The standard InChI is InChI=1S/C27H34N2O6/c1-4-7-16-34-27(33)21-12-9-13-22(17-21)28-23(30)14-15-25(32)35-18-24(31)29-26-19(5-2)10-8-11-20(26)6-3/h8-13,17H,4-7,14-16,18H2,1-3H3,(H,28,30)(H,29,31). The summed E-state index contributed by atoms with van der Waals surface area (Å²) in [7, 11) is 0. The highest BCUT2D eigenvalue weighted by atomic mass is 16.5. The van der Waals surface area contributed by atoms with Crippen LogP contribution in [0.1, 0.15) is 67.9 Å². The van der Waals surface area contributed by atoms with Crippen LogP contribution in [0.2, 0.25) is 0 Å². The molecule has 0 heterocycles. The average Bonchev–Trinajstić information content (AvgIpc) is 2.86. The number of aryl methyl sites for hydroxylation is 2. The second kappa shape index (κ2) is 14.6. The first-order chi connectivity index (χ1) is 16.9. The summed E-state index contributed by atoms with van der Waals surface area (Å²) in [5.74, 6) is -1.94. The van der Waals surface area contributed by atoms with E-state index in [2.05, 4.69) is 10.6 Å². The van der Waals surface area contributed by atoms with Gasteiger partial charge >= 0.3 is 11.9 Å². The zero-order chi connectivity index (χ0) is 25.6. The molecule has 0 aliphatic rings. The van der Waals surface area contributed by atoms with Crippen molar-refractivity contribution in [1.29, 1.82) is 0 Å². The molecule has 2 aromatic carbocycles. The van der Waals surface area contributed by atoms with Crippen LogP contribution in [0.5, 0.6) is 0 Å². The normalized spacial score (nSPS) is 10.4. The van der Waals surface area contributed by atoms with Crippen molar-refractivity contribution in [3.05, 3.63) is 59.2 Å². The maximum atomic E-state index is 12.3. The fourth-order valence-electron chi connectivity index (χ4n) is 3.35. The van der Waals surface area contributed by atoms with Crippen molar-refractivity contribution in [2.24, 2.45) is 0 Å². The number of esters is 2. The van der Waals surface area contributed by atoms with Crippen molar-refractivity contribution in [1.82, 2.24) is 0 Å². The van der Waals surface area contributed by atoms with Gasteiger partial charge in [0.25, 0.3) is 5.91 Å². The molecule has 0 fully saturated rings. The topological polar surface area (TPSA) is 111 Å². The third-order valence-electron chi connectivity index (χ3n) is 5.30. The molecule has 8 heteroatoms. The molecule has 0 saturated heterocycles. The van der Waals surface area contributed by atoms with Gasteiger partial charge < -0.3 is 20.1 Å². The zero-order valence-electron chi connectivity index (χ0n) is 20.6. The van der Waals surface area contributed by atoms with Crippen molar-refractivity contribution in [2.75, 3.05) is 23.8 Å². The van der Waals surface area contributed by atoms with Gasteiger partial charge in [-0.1, -0.05) is 51.5 Å². The van der Waals surface area contributed by atoms with Crippen LogP contribution in [0.4, 0.5) is 11.4 Å². The van der Waals surface area contributed by atoms with Crippen LogP contribution in [0.3, 0.4) is 0 Å². The Morgan fingerprint density at radius 2 is 1.49 bits per heavy atom. The number of hydrogen-bond donors (Lipinski definition) is 2. The third kappa shape index (κ3) is 9.23. The minimum atomic E-state index is -0.650. The van der Waals surface area contributed by atoms with Gasteiger partial charge in [-0.15, -0.1) is 0 Å². The van der Waals surface area contributed by atoms with E-state index in [0.29, 0.717) is 17.9 Å². The van der Waals surface area contributed by atoms with Crippen molar-refractivity contribution >= 4 is 35.1 Å². The Morgan fingerprint density at radius 3 is 2.14 bits per heavy atom. The fourth-order valence-corrected chi connectivity index (χ4v) is 3.35. The van der Waals surface area contributed by atoms with E-state index in [1.54, 1.807) is 18.2 Å². The summed E-state index contributed by atoms with van der Waals surface area (Å²) >= 11 is 0. The molecule has 2 N–H and O–H groups in total. The van der Waals surface area contributed by atoms with Crippen LogP contribution in [0, 0.1) is 0 Å². The second-order valence-corrected chi connectivity index (χ2v) is 7.99. The van der Waals surface area contributed by atoms with E-state index in [1.165, 1.54) is 6.07 Å². The number of hydrogen-bond acceptors (Lipinski definition) is 6.